The number of aromatic amines is 1. The van der Waals surface area contributed by atoms with E-state index in [1.54, 1.807) is 0 Å². The molecule has 1 aromatic carbocycles. The average Bonchev–Trinajstić information content (AvgIpc) is 3.12. The molecule has 2 fully saturated rings. The van der Waals surface area contributed by atoms with Crippen LogP contribution in [0, 0.1) is 11.8 Å². The van der Waals surface area contributed by atoms with Gasteiger partial charge in [-0.25, -0.2) is 10.6 Å². The zero-order valence-corrected chi connectivity index (χ0v) is 17.7. The summed E-state index contributed by atoms with van der Waals surface area (Å²) in [5.74, 6) is 6.85. The summed E-state index contributed by atoms with van der Waals surface area (Å²) >= 11 is 6.02. The zero-order chi connectivity index (χ0) is 21.3. The fourth-order valence-electron chi connectivity index (χ4n) is 4.38. The van der Waals surface area contributed by atoms with Crippen LogP contribution in [0.4, 0.5) is 4.79 Å². The molecule has 30 heavy (non-hydrogen) atoms. The number of hydrogen-bond donors (Lipinski definition) is 3. The summed E-state index contributed by atoms with van der Waals surface area (Å²) in [7, 11) is 0. The third-order valence-electron chi connectivity index (χ3n) is 6.26. The third-order valence-corrected chi connectivity index (χ3v) is 6.50. The molecule has 1 atom stereocenters. The normalized spacial score (nSPS) is 23.7. The molecule has 1 saturated heterocycles. The maximum Gasteiger partial charge on any atom is 0.332 e. The first-order chi connectivity index (χ1) is 14.4. The molecule has 3 amide bonds. The number of nitrogens with zero attached hydrogens (tertiary/aromatic N) is 2. The van der Waals surface area contributed by atoms with Crippen LogP contribution in [0.15, 0.2) is 36.9 Å². The monoisotopic (exact) mass is 429 g/mol. The van der Waals surface area contributed by atoms with E-state index in [9.17, 15) is 9.59 Å². The molecule has 0 unspecified atom stereocenters. The lowest BCUT2D eigenvalue weighted by molar-refractivity contribution is -0.141. The molecule has 160 valence electrons. The van der Waals surface area contributed by atoms with Crippen LogP contribution in [0.1, 0.15) is 31.4 Å². The third kappa shape index (κ3) is 4.32. The molecule has 2 heterocycles. The second-order valence-electron chi connectivity index (χ2n) is 8.34. The summed E-state index contributed by atoms with van der Waals surface area (Å²) in [5.41, 5.74) is 1.83. The van der Waals surface area contributed by atoms with Gasteiger partial charge in [0.2, 0.25) is 5.91 Å². The Morgan fingerprint density at radius 2 is 2.17 bits per heavy atom. The van der Waals surface area contributed by atoms with Crippen molar-refractivity contribution in [2.75, 3.05) is 13.1 Å². The van der Waals surface area contributed by atoms with Crippen molar-refractivity contribution in [2.24, 2.45) is 17.7 Å². The largest absolute Gasteiger partial charge is 0.357 e. The maximum absolute atomic E-state index is 12.7. The minimum atomic E-state index is -0.346. The van der Waals surface area contributed by atoms with E-state index < -0.39 is 0 Å². The van der Waals surface area contributed by atoms with Gasteiger partial charge in [0.1, 0.15) is 0 Å². The standard InChI is InChI=1S/C22H28ClN5O2/c1-2-14-8-16(9-14)21(29)27-7-3-4-19(13-27)28(24)22(30)25-12-18-11-15-10-17(23)5-6-20(15)26-18/h2,5-6,10-11,14,16,19,26H,1,3-4,7-9,12-13,24H2,(H,25,30)/t14?,16?,19-/m1/s1. The Hall–Kier alpha value is -2.51. The highest BCUT2D eigenvalue weighted by Crippen LogP contribution is 2.36. The number of rotatable bonds is 5. The minimum absolute atomic E-state index is 0.0855. The Balaban J connectivity index is 1.30. The van der Waals surface area contributed by atoms with Crippen molar-refractivity contribution >= 4 is 34.4 Å². The first-order valence-corrected chi connectivity index (χ1v) is 10.8. The Morgan fingerprint density at radius 3 is 2.93 bits per heavy atom. The van der Waals surface area contributed by atoms with Crippen molar-refractivity contribution in [3.8, 4) is 0 Å². The number of likely N-dealkylation sites (tertiary alicyclic amines) is 1. The molecule has 4 N–H and O–H groups in total. The summed E-state index contributed by atoms with van der Waals surface area (Å²) in [5, 5.41) is 5.76. The molecule has 7 nitrogen and oxygen atoms in total. The topological polar surface area (TPSA) is 94.5 Å². The molecule has 4 rings (SSSR count). The number of nitrogens with one attached hydrogen (secondary N) is 2. The van der Waals surface area contributed by atoms with Gasteiger partial charge in [-0.15, -0.1) is 6.58 Å². The van der Waals surface area contributed by atoms with Crippen LogP contribution in [-0.2, 0) is 11.3 Å². The van der Waals surface area contributed by atoms with E-state index in [4.69, 9.17) is 17.4 Å². The second kappa shape index (κ2) is 8.70. The summed E-state index contributed by atoms with van der Waals surface area (Å²) in [4.78, 5) is 30.4. The summed E-state index contributed by atoms with van der Waals surface area (Å²) in [6.45, 7) is 5.35. The highest BCUT2D eigenvalue weighted by Gasteiger charge is 2.37. The number of carbonyl (C=O) groups is 2. The van der Waals surface area contributed by atoms with Crippen LogP contribution >= 0.6 is 11.6 Å². The van der Waals surface area contributed by atoms with Crippen molar-refractivity contribution in [3.05, 3.63) is 47.6 Å². The number of H-pyrrole nitrogens is 1. The average molecular weight is 430 g/mol. The number of nitrogens with two attached hydrogens (primary N) is 1. The maximum atomic E-state index is 12.7. The lowest BCUT2D eigenvalue weighted by Gasteiger charge is -2.41. The number of carbonyl (C=O) groups excluding carboxylic acids is 2. The Morgan fingerprint density at radius 1 is 1.37 bits per heavy atom. The van der Waals surface area contributed by atoms with E-state index in [1.165, 1.54) is 5.01 Å². The molecule has 1 aliphatic carbocycles. The highest BCUT2D eigenvalue weighted by molar-refractivity contribution is 6.31. The van der Waals surface area contributed by atoms with Crippen molar-refractivity contribution in [2.45, 2.75) is 38.3 Å². The molecule has 8 heteroatoms. The Kier molecular flexibility index (Phi) is 6.01. The number of aromatic nitrogens is 1. The highest BCUT2D eigenvalue weighted by atomic mass is 35.5. The van der Waals surface area contributed by atoms with Crippen molar-refractivity contribution in [1.82, 2.24) is 20.2 Å². The Labute approximate surface area is 181 Å². The van der Waals surface area contributed by atoms with Gasteiger partial charge in [0, 0.05) is 40.6 Å². The number of allylic oxidation sites excluding steroid dienone is 1. The fourth-order valence-corrected chi connectivity index (χ4v) is 4.56. The number of hydrogen-bond acceptors (Lipinski definition) is 3. The van der Waals surface area contributed by atoms with Crippen LogP contribution < -0.4 is 11.2 Å². The fraction of sp³-hybridized carbons (Fsp3) is 0.455. The zero-order valence-electron chi connectivity index (χ0n) is 16.9. The van der Waals surface area contributed by atoms with Crippen LogP contribution in [0.5, 0.6) is 0 Å². The Bertz CT molecular complexity index is 952. The van der Waals surface area contributed by atoms with E-state index in [2.05, 4.69) is 16.9 Å². The van der Waals surface area contributed by atoms with Gasteiger partial charge in [0.05, 0.1) is 12.6 Å². The van der Waals surface area contributed by atoms with Crippen LogP contribution in [0.25, 0.3) is 10.9 Å². The van der Waals surface area contributed by atoms with Gasteiger partial charge < -0.3 is 15.2 Å². The van der Waals surface area contributed by atoms with Gasteiger partial charge in [0.25, 0.3) is 0 Å². The van der Waals surface area contributed by atoms with E-state index in [1.807, 2.05) is 35.2 Å². The summed E-state index contributed by atoms with van der Waals surface area (Å²) in [6.07, 6.45) is 5.32. The molecule has 2 aliphatic rings. The van der Waals surface area contributed by atoms with Gasteiger partial charge in [-0.3, -0.25) is 9.80 Å². The molecule has 0 bridgehead atoms. The minimum Gasteiger partial charge on any atom is -0.357 e. The smallest absolute Gasteiger partial charge is 0.332 e. The molecule has 1 saturated carbocycles. The predicted molar refractivity (Wildman–Crippen MR) is 118 cm³/mol. The number of halogens is 1. The second-order valence-corrected chi connectivity index (χ2v) is 8.77. The molecular formula is C22H28ClN5O2. The molecule has 0 spiro atoms. The lowest BCUT2D eigenvalue weighted by Crippen LogP contribution is -2.58. The van der Waals surface area contributed by atoms with Gasteiger partial charge in [0.15, 0.2) is 0 Å². The van der Waals surface area contributed by atoms with Gasteiger partial charge in [-0.2, -0.15) is 0 Å². The van der Waals surface area contributed by atoms with Crippen LogP contribution in [0.3, 0.4) is 0 Å². The molecule has 1 aromatic heterocycles. The number of hydrazine groups is 1. The summed E-state index contributed by atoms with van der Waals surface area (Å²) in [6, 6.07) is 7.03. The van der Waals surface area contributed by atoms with Crippen molar-refractivity contribution < 1.29 is 9.59 Å². The van der Waals surface area contributed by atoms with E-state index in [-0.39, 0.29) is 23.9 Å². The molecule has 2 aromatic rings. The number of urea groups is 1. The van der Waals surface area contributed by atoms with Gasteiger partial charge >= 0.3 is 6.03 Å². The number of fused-ring (bicyclic) bond motifs is 1. The number of benzene rings is 1. The predicted octanol–water partition coefficient (Wildman–Crippen LogP) is 3.41. The molecule has 1 aliphatic heterocycles. The van der Waals surface area contributed by atoms with Crippen LogP contribution in [-0.4, -0.2) is 46.0 Å². The number of amides is 3. The number of piperidine rings is 1. The van der Waals surface area contributed by atoms with Gasteiger partial charge in [-0.1, -0.05) is 17.7 Å². The van der Waals surface area contributed by atoms with E-state index in [0.717, 1.165) is 48.8 Å². The lowest BCUT2D eigenvalue weighted by atomic mass is 9.74. The van der Waals surface area contributed by atoms with Crippen molar-refractivity contribution in [3.63, 3.8) is 0 Å². The SMILES string of the molecule is C=CC1CC(C(=O)N2CCC[C@@H](N(N)C(=O)NCc3cc4cc(Cl)ccc4[nH]3)C2)C1. The van der Waals surface area contributed by atoms with E-state index in [0.29, 0.717) is 24.0 Å². The first kappa shape index (κ1) is 20.8. The summed E-state index contributed by atoms with van der Waals surface area (Å²) < 4.78 is 0. The quantitative estimate of drug-likeness (QED) is 0.294. The first-order valence-electron chi connectivity index (χ1n) is 10.4. The molecule has 0 radical (unpaired) electrons. The van der Waals surface area contributed by atoms with Crippen molar-refractivity contribution in [1.29, 1.82) is 0 Å². The van der Waals surface area contributed by atoms with Gasteiger partial charge in [-0.05, 0) is 55.9 Å². The van der Waals surface area contributed by atoms with Crippen LogP contribution in [0.2, 0.25) is 5.02 Å². The molecular weight excluding hydrogens is 402 g/mol. The van der Waals surface area contributed by atoms with E-state index >= 15 is 0 Å².